The normalized spacial score (nSPS) is 17.2. The molecule has 1 aliphatic rings. The summed E-state index contributed by atoms with van der Waals surface area (Å²) in [6.45, 7) is 1.56. The van der Waals surface area contributed by atoms with Gasteiger partial charge in [0, 0.05) is 6.54 Å². The topological polar surface area (TPSA) is 3.24 Å². The molecule has 1 heterocycles. The maximum absolute atomic E-state index is 2.33. The second kappa shape index (κ2) is 3.15. The lowest BCUT2D eigenvalue weighted by atomic mass is 9.56. The Kier molecular flexibility index (Phi) is 2.00. The Morgan fingerprint density at radius 1 is 1.25 bits per heavy atom. The molecule has 60 valence electrons. The van der Waals surface area contributed by atoms with Crippen LogP contribution >= 0.6 is 0 Å². The first-order valence-electron chi connectivity index (χ1n) is 4.30. The van der Waals surface area contributed by atoms with Gasteiger partial charge >= 0.3 is 0 Å². The van der Waals surface area contributed by atoms with E-state index in [1.54, 1.807) is 0 Å². The Bertz CT molecular complexity index is 281. The van der Waals surface area contributed by atoms with Crippen LogP contribution in [0.2, 0.25) is 0 Å². The van der Waals surface area contributed by atoms with Crippen LogP contribution in [0.25, 0.3) is 0 Å². The molecule has 0 N–H and O–H groups in total. The highest BCUT2D eigenvalue weighted by Crippen LogP contribution is 2.02. The molecule has 2 heteroatoms. The van der Waals surface area contributed by atoms with Crippen LogP contribution in [0.3, 0.4) is 0 Å². The quantitative estimate of drug-likeness (QED) is 0.548. The monoisotopic (exact) mass is 157 g/mol. The molecule has 1 nitrogen and oxygen atoms in total. The standard InChI is InChI=1S/C10H12BN/c1-12-9-5-8-11(12)10-6-3-2-4-7-10/h2-8H,9H2,1H3. The molecule has 0 saturated carbocycles. The van der Waals surface area contributed by atoms with Gasteiger partial charge in [-0.25, -0.2) is 0 Å². The minimum Gasteiger partial charge on any atom is -0.334 e. The molecule has 0 bridgehead atoms. The fraction of sp³-hybridized carbons (Fsp3) is 0.200. The van der Waals surface area contributed by atoms with Crippen molar-refractivity contribution in [2.24, 2.45) is 0 Å². The van der Waals surface area contributed by atoms with Crippen LogP contribution in [-0.2, 0) is 0 Å². The van der Waals surface area contributed by atoms with E-state index in [1.807, 2.05) is 0 Å². The van der Waals surface area contributed by atoms with Crippen molar-refractivity contribution in [3.63, 3.8) is 0 Å². The van der Waals surface area contributed by atoms with Crippen LogP contribution in [0.1, 0.15) is 0 Å². The SMILES string of the molecule is CN1CC=CB1c1ccccc1. The molecule has 12 heavy (non-hydrogen) atoms. The Morgan fingerprint density at radius 3 is 2.58 bits per heavy atom. The van der Waals surface area contributed by atoms with Gasteiger partial charge in [-0.15, -0.1) is 0 Å². The zero-order valence-electron chi connectivity index (χ0n) is 7.27. The van der Waals surface area contributed by atoms with Crippen LogP contribution in [-0.4, -0.2) is 25.3 Å². The largest absolute Gasteiger partial charge is 0.334 e. The van der Waals surface area contributed by atoms with Gasteiger partial charge in [-0.05, 0) is 7.05 Å². The molecule has 0 saturated heterocycles. The Hall–Kier alpha value is -1.02. The molecule has 1 aromatic carbocycles. The first-order chi connectivity index (χ1) is 5.88. The number of rotatable bonds is 1. The molecule has 1 aromatic rings. The van der Waals surface area contributed by atoms with Gasteiger partial charge in [0.05, 0.1) is 0 Å². The lowest BCUT2D eigenvalue weighted by Crippen LogP contribution is -2.41. The van der Waals surface area contributed by atoms with Crippen molar-refractivity contribution in [1.82, 2.24) is 4.81 Å². The van der Waals surface area contributed by atoms with Gasteiger partial charge in [-0.1, -0.05) is 47.8 Å². The first-order valence-corrected chi connectivity index (χ1v) is 4.30. The highest BCUT2D eigenvalue weighted by atomic mass is 15.0. The predicted molar refractivity (Wildman–Crippen MR) is 53.6 cm³/mol. The van der Waals surface area contributed by atoms with Crippen LogP contribution in [0.15, 0.2) is 42.4 Å². The molecule has 0 unspecified atom stereocenters. The van der Waals surface area contributed by atoms with Crippen molar-refractivity contribution in [1.29, 1.82) is 0 Å². The Morgan fingerprint density at radius 2 is 2.00 bits per heavy atom. The maximum Gasteiger partial charge on any atom is 0.284 e. The first kappa shape index (κ1) is 7.62. The van der Waals surface area contributed by atoms with Crippen LogP contribution < -0.4 is 5.46 Å². The number of nitrogens with zero attached hydrogens (tertiary/aromatic N) is 1. The highest BCUT2D eigenvalue weighted by Gasteiger charge is 2.21. The molecule has 0 radical (unpaired) electrons. The van der Waals surface area contributed by atoms with E-state index in [2.05, 4.69) is 54.2 Å². The van der Waals surface area contributed by atoms with Gasteiger partial charge in [0.1, 0.15) is 0 Å². The van der Waals surface area contributed by atoms with Crippen molar-refractivity contribution in [2.45, 2.75) is 0 Å². The average molecular weight is 157 g/mol. The molecule has 1 aliphatic heterocycles. The Balaban J connectivity index is 2.25. The van der Waals surface area contributed by atoms with Crippen molar-refractivity contribution >= 4 is 12.3 Å². The molecular weight excluding hydrogens is 145 g/mol. The van der Waals surface area contributed by atoms with Gasteiger partial charge in [-0.2, -0.15) is 0 Å². The van der Waals surface area contributed by atoms with Crippen LogP contribution in [0.5, 0.6) is 0 Å². The zero-order valence-corrected chi connectivity index (χ0v) is 7.27. The maximum atomic E-state index is 2.33. The summed E-state index contributed by atoms with van der Waals surface area (Å²) in [7, 11) is 2.15. The van der Waals surface area contributed by atoms with E-state index in [9.17, 15) is 0 Å². The molecule has 0 spiro atoms. The summed E-state index contributed by atoms with van der Waals surface area (Å²) >= 11 is 0. The van der Waals surface area contributed by atoms with Gasteiger partial charge < -0.3 is 4.81 Å². The van der Waals surface area contributed by atoms with Crippen molar-refractivity contribution < 1.29 is 0 Å². The minimum absolute atomic E-state index is 0.492. The molecular formula is C10H12BN. The fourth-order valence-corrected chi connectivity index (χ4v) is 1.63. The summed E-state index contributed by atoms with van der Waals surface area (Å²) < 4.78 is 0. The molecule has 0 aliphatic carbocycles. The van der Waals surface area contributed by atoms with Gasteiger partial charge in [0.25, 0.3) is 6.85 Å². The van der Waals surface area contributed by atoms with E-state index in [-0.39, 0.29) is 0 Å². The third-order valence-electron chi connectivity index (χ3n) is 2.33. The number of likely N-dealkylation sites (N-methyl/N-ethyl adjacent to an activating group) is 1. The second-order valence-corrected chi connectivity index (χ2v) is 3.22. The smallest absolute Gasteiger partial charge is 0.284 e. The average Bonchev–Trinajstić information content (AvgIpc) is 2.53. The summed E-state index contributed by atoms with van der Waals surface area (Å²) in [5, 5.41) is 0. The molecule has 0 atom stereocenters. The van der Waals surface area contributed by atoms with E-state index in [0.29, 0.717) is 6.85 Å². The Labute approximate surface area is 73.8 Å². The van der Waals surface area contributed by atoms with E-state index < -0.39 is 0 Å². The molecule has 0 amide bonds. The predicted octanol–water partition coefficient (Wildman–Crippen LogP) is 0.926. The van der Waals surface area contributed by atoms with Crippen LogP contribution in [0, 0.1) is 0 Å². The summed E-state index contributed by atoms with van der Waals surface area (Å²) in [6.07, 6.45) is 2.22. The number of benzene rings is 1. The lowest BCUT2D eigenvalue weighted by molar-refractivity contribution is 0.608. The van der Waals surface area contributed by atoms with Crippen molar-refractivity contribution in [2.75, 3.05) is 13.6 Å². The van der Waals surface area contributed by atoms with E-state index in [4.69, 9.17) is 0 Å². The summed E-state index contributed by atoms with van der Waals surface area (Å²) in [5.41, 5.74) is 1.38. The van der Waals surface area contributed by atoms with Gasteiger partial charge in [0.2, 0.25) is 0 Å². The second-order valence-electron chi connectivity index (χ2n) is 3.22. The highest BCUT2D eigenvalue weighted by molar-refractivity contribution is 6.75. The fourth-order valence-electron chi connectivity index (χ4n) is 1.63. The third kappa shape index (κ3) is 1.30. The van der Waals surface area contributed by atoms with Crippen LogP contribution in [0.4, 0.5) is 0 Å². The number of hydrogen-bond donors (Lipinski definition) is 0. The molecule has 0 fully saturated rings. The molecule has 0 aromatic heterocycles. The van der Waals surface area contributed by atoms with E-state index >= 15 is 0 Å². The number of hydrogen-bond acceptors (Lipinski definition) is 1. The lowest BCUT2D eigenvalue weighted by Gasteiger charge is -2.15. The zero-order chi connectivity index (χ0) is 8.39. The van der Waals surface area contributed by atoms with Crippen molar-refractivity contribution in [3.8, 4) is 0 Å². The molecule has 2 rings (SSSR count). The van der Waals surface area contributed by atoms with Gasteiger partial charge in [-0.3, -0.25) is 0 Å². The summed E-state index contributed by atoms with van der Waals surface area (Å²) in [5.74, 6) is 2.26. The summed E-state index contributed by atoms with van der Waals surface area (Å²) in [6, 6.07) is 10.6. The van der Waals surface area contributed by atoms with E-state index in [0.717, 1.165) is 6.54 Å². The van der Waals surface area contributed by atoms with Gasteiger partial charge in [0.15, 0.2) is 0 Å². The summed E-state index contributed by atoms with van der Waals surface area (Å²) in [4.78, 5) is 2.33. The minimum atomic E-state index is 0.492. The van der Waals surface area contributed by atoms with E-state index in [1.165, 1.54) is 5.46 Å². The van der Waals surface area contributed by atoms with Crippen molar-refractivity contribution in [3.05, 3.63) is 42.4 Å². The third-order valence-corrected chi connectivity index (χ3v) is 2.33.